The Hall–Kier alpha value is -4.31. The fourth-order valence-electron chi connectivity index (χ4n) is 4.88. The molecule has 1 saturated heterocycles. The van der Waals surface area contributed by atoms with E-state index in [1.807, 2.05) is 29.2 Å². The average molecular weight is 522 g/mol. The maximum absolute atomic E-state index is 13.7. The highest BCUT2D eigenvalue weighted by Gasteiger charge is 2.34. The standard InChI is InChI=1S/C28H26F3N5O2/c29-28(30,31)22-15-20(12-9-18(22)16-36-13-3-4-14-36)34-27(38)33-19-10-7-17(8-11-19)24-21-5-1-2-6-23(21)35-25(24)26(32)37/h1-2,5-12,15,35H,3-4,13-14,16H2,(H2,32,37)(H2,33,34,38). The van der Waals surface area contributed by atoms with Gasteiger partial charge in [-0.25, -0.2) is 4.79 Å². The molecule has 196 valence electrons. The lowest BCUT2D eigenvalue weighted by Gasteiger charge is -2.20. The van der Waals surface area contributed by atoms with Gasteiger partial charge in [-0.1, -0.05) is 36.4 Å². The molecule has 3 amide bonds. The number of halogens is 3. The quantitative estimate of drug-likeness (QED) is 0.243. The van der Waals surface area contributed by atoms with Crippen molar-refractivity contribution in [1.82, 2.24) is 9.88 Å². The maximum Gasteiger partial charge on any atom is 0.416 e. The van der Waals surface area contributed by atoms with Crippen LogP contribution >= 0.6 is 0 Å². The third kappa shape index (κ3) is 5.35. The topological polar surface area (TPSA) is 103 Å². The minimum Gasteiger partial charge on any atom is -0.364 e. The summed E-state index contributed by atoms with van der Waals surface area (Å²) in [4.78, 5) is 29.6. The van der Waals surface area contributed by atoms with Gasteiger partial charge >= 0.3 is 12.2 Å². The number of alkyl halides is 3. The Morgan fingerprint density at radius 3 is 2.26 bits per heavy atom. The zero-order valence-corrected chi connectivity index (χ0v) is 20.4. The van der Waals surface area contributed by atoms with Crippen molar-refractivity contribution in [1.29, 1.82) is 0 Å². The molecule has 1 aliphatic rings. The van der Waals surface area contributed by atoms with Crippen LogP contribution in [0.2, 0.25) is 0 Å². The van der Waals surface area contributed by atoms with Gasteiger partial charge in [0.05, 0.1) is 5.56 Å². The fourth-order valence-corrected chi connectivity index (χ4v) is 4.88. The number of rotatable bonds is 6. The lowest BCUT2D eigenvalue weighted by molar-refractivity contribution is -0.138. The Morgan fingerprint density at radius 1 is 0.921 bits per heavy atom. The number of likely N-dealkylation sites (tertiary alicyclic amines) is 1. The highest BCUT2D eigenvalue weighted by molar-refractivity contribution is 6.09. The van der Waals surface area contributed by atoms with E-state index >= 15 is 0 Å². The van der Waals surface area contributed by atoms with Gasteiger partial charge in [-0.15, -0.1) is 0 Å². The maximum atomic E-state index is 13.7. The molecule has 0 radical (unpaired) electrons. The number of nitrogens with zero attached hydrogens (tertiary/aromatic N) is 1. The molecule has 1 aromatic heterocycles. The molecular formula is C28H26F3N5O2. The van der Waals surface area contributed by atoms with E-state index in [0.717, 1.165) is 42.9 Å². The molecule has 1 fully saturated rings. The molecule has 5 N–H and O–H groups in total. The molecule has 1 aliphatic heterocycles. The number of H-pyrrole nitrogens is 1. The van der Waals surface area contributed by atoms with Gasteiger partial charge in [-0.05, 0) is 67.4 Å². The van der Waals surface area contributed by atoms with Crippen LogP contribution in [0.4, 0.5) is 29.3 Å². The molecule has 2 heterocycles. The van der Waals surface area contributed by atoms with E-state index in [9.17, 15) is 22.8 Å². The van der Waals surface area contributed by atoms with Gasteiger partial charge < -0.3 is 21.4 Å². The number of aromatic nitrogens is 1. The molecule has 5 rings (SSSR count). The van der Waals surface area contributed by atoms with Gasteiger partial charge in [0.25, 0.3) is 5.91 Å². The average Bonchev–Trinajstić information content (AvgIpc) is 3.53. The number of fused-ring (bicyclic) bond motifs is 1. The summed E-state index contributed by atoms with van der Waals surface area (Å²) in [6, 6.07) is 17.3. The van der Waals surface area contributed by atoms with E-state index in [4.69, 9.17) is 5.73 Å². The van der Waals surface area contributed by atoms with Crippen LogP contribution in [0.3, 0.4) is 0 Å². The zero-order valence-electron chi connectivity index (χ0n) is 20.4. The van der Waals surface area contributed by atoms with E-state index in [-0.39, 0.29) is 23.5 Å². The number of nitrogens with two attached hydrogens (primary N) is 1. The molecule has 38 heavy (non-hydrogen) atoms. The number of nitrogens with one attached hydrogen (secondary N) is 3. The van der Waals surface area contributed by atoms with Gasteiger partial charge in [0.15, 0.2) is 0 Å². The minimum atomic E-state index is -4.54. The number of benzene rings is 3. The van der Waals surface area contributed by atoms with E-state index in [1.165, 1.54) is 12.1 Å². The molecule has 4 aromatic rings. The largest absolute Gasteiger partial charge is 0.416 e. The summed E-state index contributed by atoms with van der Waals surface area (Å²) in [7, 11) is 0. The Kier molecular flexibility index (Phi) is 6.81. The second kappa shape index (κ2) is 10.2. The van der Waals surface area contributed by atoms with Crippen molar-refractivity contribution < 1.29 is 22.8 Å². The summed E-state index contributed by atoms with van der Waals surface area (Å²) < 4.78 is 41.2. The van der Waals surface area contributed by atoms with Crippen molar-refractivity contribution >= 4 is 34.2 Å². The number of aromatic amines is 1. The summed E-state index contributed by atoms with van der Waals surface area (Å²) in [5, 5.41) is 5.94. The van der Waals surface area contributed by atoms with Gasteiger partial charge in [-0.3, -0.25) is 9.69 Å². The van der Waals surface area contributed by atoms with Crippen LogP contribution in [-0.4, -0.2) is 34.9 Å². The van der Waals surface area contributed by atoms with Crippen molar-refractivity contribution in [3.63, 3.8) is 0 Å². The van der Waals surface area contributed by atoms with Gasteiger partial charge in [-0.2, -0.15) is 13.2 Å². The zero-order chi connectivity index (χ0) is 26.9. The molecule has 0 aliphatic carbocycles. The first kappa shape index (κ1) is 25.3. The van der Waals surface area contributed by atoms with Crippen LogP contribution in [-0.2, 0) is 12.7 Å². The smallest absolute Gasteiger partial charge is 0.364 e. The fraction of sp³-hybridized carbons (Fsp3) is 0.214. The summed E-state index contributed by atoms with van der Waals surface area (Å²) in [6.45, 7) is 1.78. The highest BCUT2D eigenvalue weighted by Crippen LogP contribution is 2.35. The van der Waals surface area contributed by atoms with Crippen molar-refractivity contribution in [2.75, 3.05) is 23.7 Å². The summed E-state index contributed by atoms with van der Waals surface area (Å²) in [5.41, 5.74) is 7.87. The molecule has 0 atom stereocenters. The number of carbonyl (C=O) groups is 2. The first-order valence-corrected chi connectivity index (χ1v) is 12.2. The molecule has 7 nitrogen and oxygen atoms in total. The molecule has 10 heteroatoms. The first-order chi connectivity index (χ1) is 18.2. The van der Waals surface area contributed by atoms with Crippen LogP contribution in [0.1, 0.15) is 34.5 Å². The van der Waals surface area contributed by atoms with Crippen LogP contribution in [0, 0.1) is 0 Å². The summed E-state index contributed by atoms with van der Waals surface area (Å²) >= 11 is 0. The molecular weight excluding hydrogens is 495 g/mol. The van der Waals surface area contributed by atoms with Crippen LogP contribution in [0.5, 0.6) is 0 Å². The lowest BCUT2D eigenvalue weighted by atomic mass is 10.0. The van der Waals surface area contributed by atoms with Crippen molar-refractivity contribution in [3.05, 3.63) is 83.6 Å². The van der Waals surface area contributed by atoms with Gasteiger partial charge in [0, 0.05) is 34.4 Å². The van der Waals surface area contributed by atoms with Crippen molar-refractivity contribution in [2.24, 2.45) is 5.73 Å². The Bertz CT molecular complexity index is 1490. The Morgan fingerprint density at radius 2 is 1.58 bits per heavy atom. The number of amides is 3. The highest BCUT2D eigenvalue weighted by atomic mass is 19.4. The third-order valence-corrected chi connectivity index (χ3v) is 6.65. The third-order valence-electron chi connectivity index (χ3n) is 6.65. The number of urea groups is 1. The number of primary amides is 1. The van der Waals surface area contributed by atoms with E-state index in [1.54, 1.807) is 24.3 Å². The van der Waals surface area contributed by atoms with Crippen LogP contribution in [0.15, 0.2) is 66.7 Å². The number of para-hydroxylation sites is 1. The van der Waals surface area contributed by atoms with E-state index in [2.05, 4.69) is 15.6 Å². The molecule has 0 saturated carbocycles. The number of hydrogen-bond acceptors (Lipinski definition) is 3. The predicted molar refractivity (Wildman–Crippen MR) is 141 cm³/mol. The monoisotopic (exact) mass is 521 g/mol. The number of carbonyl (C=O) groups excluding carboxylic acids is 2. The summed E-state index contributed by atoms with van der Waals surface area (Å²) in [6.07, 6.45) is -2.57. The first-order valence-electron chi connectivity index (χ1n) is 12.2. The molecule has 0 unspecified atom stereocenters. The second-order valence-corrected chi connectivity index (χ2v) is 9.29. The second-order valence-electron chi connectivity index (χ2n) is 9.29. The normalized spacial score (nSPS) is 14.1. The number of anilines is 2. The molecule has 0 bridgehead atoms. The Labute approximate surface area is 216 Å². The van der Waals surface area contributed by atoms with Crippen LogP contribution < -0.4 is 16.4 Å². The van der Waals surface area contributed by atoms with Crippen molar-refractivity contribution in [2.45, 2.75) is 25.6 Å². The van der Waals surface area contributed by atoms with Gasteiger partial charge in [0.1, 0.15) is 5.69 Å². The number of hydrogen-bond donors (Lipinski definition) is 4. The predicted octanol–water partition coefficient (Wildman–Crippen LogP) is 6.19. The molecule has 3 aromatic carbocycles. The summed E-state index contributed by atoms with van der Waals surface area (Å²) in [5.74, 6) is -0.595. The van der Waals surface area contributed by atoms with E-state index < -0.39 is 23.7 Å². The molecule has 0 spiro atoms. The van der Waals surface area contributed by atoms with Crippen LogP contribution in [0.25, 0.3) is 22.0 Å². The van der Waals surface area contributed by atoms with Crippen molar-refractivity contribution in [3.8, 4) is 11.1 Å². The van der Waals surface area contributed by atoms with Gasteiger partial charge in [0.2, 0.25) is 0 Å². The lowest BCUT2D eigenvalue weighted by Crippen LogP contribution is -2.22. The van der Waals surface area contributed by atoms with E-state index in [0.29, 0.717) is 16.8 Å². The SMILES string of the molecule is NC(=O)c1[nH]c2ccccc2c1-c1ccc(NC(=O)Nc2ccc(CN3CCCC3)c(C(F)(F)F)c2)cc1. The Balaban J connectivity index is 1.31. The minimum absolute atomic E-state index is 0.0431.